The first kappa shape index (κ1) is 27.2. The lowest BCUT2D eigenvalue weighted by atomic mass is 9.76. The van der Waals surface area contributed by atoms with E-state index in [4.69, 9.17) is 25.6 Å². The number of amides is 1. The van der Waals surface area contributed by atoms with E-state index in [1.807, 2.05) is 52.0 Å². The summed E-state index contributed by atoms with van der Waals surface area (Å²) < 4.78 is 18.2. The molecule has 1 saturated heterocycles. The van der Waals surface area contributed by atoms with Gasteiger partial charge in [0.1, 0.15) is 6.61 Å². The van der Waals surface area contributed by atoms with Crippen LogP contribution < -0.4 is 5.32 Å². The monoisotopic (exact) mass is 543 g/mol. The van der Waals surface area contributed by atoms with Crippen LogP contribution >= 0.6 is 11.6 Å². The van der Waals surface area contributed by atoms with Crippen molar-refractivity contribution in [1.29, 1.82) is 0 Å². The Hall–Kier alpha value is -3.39. The molecule has 3 aromatic rings. The number of fused-ring (bicyclic) bond motifs is 3. The van der Waals surface area contributed by atoms with Crippen LogP contribution in [0.3, 0.4) is 0 Å². The smallest absolute Gasteiger partial charge is 0.449 e. The molecule has 8 heteroatoms. The predicted octanol–water partition coefficient (Wildman–Crippen LogP) is 6.71. The molecule has 3 aromatic carbocycles. The molecule has 1 aliphatic carbocycles. The SMILES string of the molecule is CC1(C)OB(C(=Cc2cc(Cl)ccc2C=O)CNC(=O)OCC2c3ccccc3-c3ccccc32)OC1(C)C. The summed E-state index contributed by atoms with van der Waals surface area (Å²) in [7, 11) is -0.734. The third kappa shape index (κ3) is 5.39. The van der Waals surface area contributed by atoms with E-state index in [1.54, 1.807) is 24.3 Å². The lowest BCUT2D eigenvalue weighted by Gasteiger charge is -2.32. The van der Waals surface area contributed by atoms with Crippen molar-refractivity contribution in [2.75, 3.05) is 13.2 Å². The summed E-state index contributed by atoms with van der Waals surface area (Å²) in [5.41, 5.74) is 5.17. The van der Waals surface area contributed by atoms with Crippen LogP contribution in [0, 0.1) is 0 Å². The third-order valence-corrected chi connectivity index (χ3v) is 8.09. The fourth-order valence-electron chi connectivity index (χ4n) is 5.00. The normalized spacial score (nSPS) is 17.5. The molecule has 1 fully saturated rings. The molecule has 5 rings (SSSR count). The Labute approximate surface area is 234 Å². The Balaban J connectivity index is 1.33. The minimum atomic E-state index is -0.734. The van der Waals surface area contributed by atoms with Crippen molar-refractivity contribution in [3.8, 4) is 11.1 Å². The van der Waals surface area contributed by atoms with Crippen LogP contribution in [0.2, 0.25) is 5.02 Å². The van der Waals surface area contributed by atoms with E-state index < -0.39 is 24.4 Å². The molecule has 1 N–H and O–H groups in total. The van der Waals surface area contributed by atoms with E-state index in [-0.39, 0.29) is 19.1 Å². The number of hydrogen-bond donors (Lipinski definition) is 1. The number of aldehydes is 1. The summed E-state index contributed by atoms with van der Waals surface area (Å²) in [6.45, 7) is 8.14. The summed E-state index contributed by atoms with van der Waals surface area (Å²) in [5.74, 6) is -0.0390. The van der Waals surface area contributed by atoms with E-state index in [2.05, 4.69) is 29.6 Å². The molecule has 6 nitrogen and oxygen atoms in total. The van der Waals surface area contributed by atoms with E-state index in [0.717, 1.165) is 17.4 Å². The van der Waals surface area contributed by atoms with Gasteiger partial charge in [-0.1, -0.05) is 66.2 Å². The highest BCUT2D eigenvalue weighted by Gasteiger charge is 2.52. The molecular weight excluding hydrogens is 513 g/mol. The average molecular weight is 544 g/mol. The predicted molar refractivity (Wildman–Crippen MR) is 154 cm³/mol. The van der Waals surface area contributed by atoms with Gasteiger partial charge in [-0.15, -0.1) is 0 Å². The van der Waals surface area contributed by atoms with Crippen molar-refractivity contribution in [2.24, 2.45) is 0 Å². The molecule has 0 atom stereocenters. The van der Waals surface area contributed by atoms with Crippen LogP contribution in [0.15, 0.2) is 72.2 Å². The minimum absolute atomic E-state index is 0.0390. The summed E-state index contributed by atoms with van der Waals surface area (Å²) >= 11 is 6.21. The molecule has 2 aliphatic rings. The molecule has 0 aromatic heterocycles. The van der Waals surface area contributed by atoms with Gasteiger partial charge in [-0.3, -0.25) is 4.79 Å². The summed E-state index contributed by atoms with van der Waals surface area (Å²) in [6.07, 6.45) is 1.99. The molecule has 200 valence electrons. The quantitative estimate of drug-likeness (QED) is 0.265. The minimum Gasteiger partial charge on any atom is -0.449 e. The Bertz CT molecular complexity index is 1390. The largest absolute Gasteiger partial charge is 0.492 e. The second-order valence-electron chi connectivity index (χ2n) is 10.9. The second-order valence-corrected chi connectivity index (χ2v) is 11.3. The summed E-state index contributed by atoms with van der Waals surface area (Å²) in [5, 5.41) is 3.34. The number of ether oxygens (including phenoxy) is 1. The van der Waals surface area contributed by atoms with Crippen LogP contribution in [-0.4, -0.2) is 43.9 Å². The lowest BCUT2D eigenvalue weighted by Crippen LogP contribution is -2.41. The van der Waals surface area contributed by atoms with Crippen molar-refractivity contribution >= 4 is 37.2 Å². The number of benzene rings is 3. The zero-order valence-electron chi connectivity index (χ0n) is 22.5. The van der Waals surface area contributed by atoms with Crippen LogP contribution in [0.5, 0.6) is 0 Å². The highest BCUT2D eigenvalue weighted by Crippen LogP contribution is 2.44. The van der Waals surface area contributed by atoms with Gasteiger partial charge in [0.15, 0.2) is 6.29 Å². The maximum Gasteiger partial charge on any atom is 0.492 e. The van der Waals surface area contributed by atoms with Gasteiger partial charge < -0.3 is 19.4 Å². The number of hydrogen-bond acceptors (Lipinski definition) is 5. The van der Waals surface area contributed by atoms with E-state index in [9.17, 15) is 9.59 Å². The molecule has 1 heterocycles. The van der Waals surface area contributed by atoms with Crippen LogP contribution in [-0.2, 0) is 14.0 Å². The number of carbonyl (C=O) groups excluding carboxylic acids is 2. The van der Waals surface area contributed by atoms with Gasteiger partial charge in [-0.2, -0.15) is 0 Å². The van der Waals surface area contributed by atoms with E-state index in [0.29, 0.717) is 21.6 Å². The number of halogens is 1. The summed E-state index contributed by atoms with van der Waals surface area (Å²) in [6, 6.07) is 21.4. The number of nitrogens with one attached hydrogen (secondary N) is 1. The Morgan fingerprint density at radius 1 is 0.949 bits per heavy atom. The van der Waals surface area contributed by atoms with Gasteiger partial charge in [0, 0.05) is 23.0 Å². The highest BCUT2D eigenvalue weighted by molar-refractivity contribution is 6.56. The Kier molecular flexibility index (Phi) is 7.42. The fourth-order valence-corrected chi connectivity index (χ4v) is 5.18. The van der Waals surface area contributed by atoms with Gasteiger partial charge in [-0.25, -0.2) is 4.79 Å². The molecule has 0 bridgehead atoms. The topological polar surface area (TPSA) is 73.9 Å². The van der Waals surface area contributed by atoms with Gasteiger partial charge in [-0.05, 0) is 79.2 Å². The van der Waals surface area contributed by atoms with Gasteiger partial charge in [0.2, 0.25) is 0 Å². The second kappa shape index (κ2) is 10.6. The van der Waals surface area contributed by atoms with Gasteiger partial charge in [0.25, 0.3) is 0 Å². The number of rotatable bonds is 7. The summed E-state index contributed by atoms with van der Waals surface area (Å²) in [4.78, 5) is 24.6. The number of carbonyl (C=O) groups is 2. The third-order valence-electron chi connectivity index (χ3n) is 7.85. The molecule has 0 unspecified atom stereocenters. The lowest BCUT2D eigenvalue weighted by molar-refractivity contribution is 0.00578. The Morgan fingerprint density at radius 2 is 1.54 bits per heavy atom. The van der Waals surface area contributed by atoms with E-state index in [1.165, 1.54) is 11.1 Å². The van der Waals surface area contributed by atoms with Crippen LogP contribution in [0.4, 0.5) is 4.79 Å². The molecule has 0 spiro atoms. The standard InChI is InChI=1S/C31H31BClNO5/c1-30(2)31(3,4)39-32(38-30)22(15-21-16-23(33)14-13-20(21)18-35)17-34-29(36)37-19-28-26-11-7-5-9-24(26)25-10-6-8-12-27(25)28/h5-16,18,28H,17,19H2,1-4H3,(H,34,36). The molecule has 1 aliphatic heterocycles. The van der Waals surface area contributed by atoms with Crippen molar-refractivity contribution in [3.63, 3.8) is 0 Å². The number of alkyl carbamates (subject to hydrolysis) is 1. The van der Waals surface area contributed by atoms with Crippen molar-refractivity contribution < 1.29 is 23.6 Å². The van der Waals surface area contributed by atoms with Crippen LogP contribution in [0.25, 0.3) is 17.2 Å². The first-order valence-electron chi connectivity index (χ1n) is 13.0. The Morgan fingerprint density at radius 3 is 2.13 bits per heavy atom. The van der Waals surface area contributed by atoms with Gasteiger partial charge in [0.05, 0.1) is 11.2 Å². The van der Waals surface area contributed by atoms with Crippen molar-refractivity contribution in [3.05, 3.63) is 99.5 Å². The molecule has 39 heavy (non-hydrogen) atoms. The maximum atomic E-state index is 12.9. The van der Waals surface area contributed by atoms with Crippen LogP contribution in [0.1, 0.15) is 60.7 Å². The zero-order valence-corrected chi connectivity index (χ0v) is 23.2. The molecule has 1 amide bonds. The zero-order chi connectivity index (χ0) is 27.8. The average Bonchev–Trinajstić information content (AvgIpc) is 3.34. The first-order valence-corrected chi connectivity index (χ1v) is 13.4. The first-order chi connectivity index (χ1) is 18.6. The molecule has 0 radical (unpaired) electrons. The van der Waals surface area contributed by atoms with Crippen molar-refractivity contribution in [1.82, 2.24) is 5.32 Å². The van der Waals surface area contributed by atoms with Gasteiger partial charge >= 0.3 is 13.2 Å². The maximum absolute atomic E-state index is 12.9. The molecule has 0 saturated carbocycles. The fraction of sp³-hybridized carbons (Fsp3) is 0.290. The molecular formula is C31H31BClNO5. The van der Waals surface area contributed by atoms with E-state index >= 15 is 0 Å². The van der Waals surface area contributed by atoms with Crippen molar-refractivity contribution in [2.45, 2.75) is 44.8 Å². The highest BCUT2D eigenvalue weighted by atomic mass is 35.5.